The Morgan fingerprint density at radius 2 is 1.80 bits per heavy atom. The number of benzene rings is 2. The maximum atomic E-state index is 12.7. The van der Waals surface area contributed by atoms with E-state index in [0.717, 1.165) is 10.5 Å². The van der Waals surface area contributed by atoms with Gasteiger partial charge in [0, 0.05) is 52.8 Å². The van der Waals surface area contributed by atoms with Crippen molar-refractivity contribution in [3.05, 3.63) is 89.6 Å². The summed E-state index contributed by atoms with van der Waals surface area (Å²) in [6.07, 6.45) is 3.27. The summed E-state index contributed by atoms with van der Waals surface area (Å²) in [6.45, 7) is -0.173. The second kappa shape index (κ2) is 9.77. The molecule has 3 aromatic heterocycles. The largest absolute Gasteiger partial charge is 0.357 e. The van der Waals surface area contributed by atoms with E-state index in [9.17, 15) is 9.59 Å². The van der Waals surface area contributed by atoms with Gasteiger partial charge in [-0.05, 0) is 30.3 Å². The average Bonchev–Trinajstić information content (AvgIpc) is 3.36. The van der Waals surface area contributed by atoms with E-state index in [1.165, 1.54) is 22.6 Å². The summed E-state index contributed by atoms with van der Waals surface area (Å²) in [4.78, 5) is 38.9. The van der Waals surface area contributed by atoms with Crippen molar-refractivity contribution in [2.24, 2.45) is 0 Å². The number of aromatic nitrogens is 6. The molecule has 5 aromatic rings. The zero-order chi connectivity index (χ0) is 24.2. The van der Waals surface area contributed by atoms with Gasteiger partial charge in [-0.1, -0.05) is 30.3 Å². The maximum Gasteiger partial charge on any atom is 0.252 e. The molecule has 1 amide bonds. The minimum Gasteiger partial charge on any atom is -0.357 e. The molecule has 0 fully saturated rings. The van der Waals surface area contributed by atoms with Crippen LogP contribution in [0.15, 0.2) is 88.9 Å². The Bertz CT molecular complexity index is 1550. The monoisotopic (exact) mass is 484 g/mol. The van der Waals surface area contributed by atoms with Crippen molar-refractivity contribution in [1.82, 2.24) is 28.7 Å². The number of rotatable bonds is 7. The fourth-order valence-electron chi connectivity index (χ4n) is 3.41. The molecule has 11 heteroatoms. The van der Waals surface area contributed by atoms with Crippen LogP contribution in [-0.2, 0) is 11.3 Å². The molecule has 0 saturated carbocycles. The lowest BCUT2D eigenvalue weighted by molar-refractivity contribution is -0.116. The number of anilines is 2. The van der Waals surface area contributed by atoms with E-state index in [2.05, 4.69) is 30.7 Å². The Kier molecular flexibility index (Phi) is 6.22. The summed E-state index contributed by atoms with van der Waals surface area (Å²) in [5.74, 6) is 0.680. The predicted octanol–water partition coefficient (Wildman–Crippen LogP) is 3.29. The molecule has 2 N–H and O–H groups in total. The molecule has 174 valence electrons. The third-order valence-electron chi connectivity index (χ3n) is 5.09. The third kappa shape index (κ3) is 5.04. The molecule has 3 heterocycles. The SMILES string of the molecule is CNc1ncc2ccc(=O)n(CC(=O)Nc3ccc(Sn4cnc(-c5ccccc5)n4)cc3)c2n1. The summed E-state index contributed by atoms with van der Waals surface area (Å²) >= 11 is 1.40. The number of carbonyl (C=O) groups is 1. The molecule has 0 aliphatic carbocycles. The first-order valence-electron chi connectivity index (χ1n) is 10.7. The van der Waals surface area contributed by atoms with Gasteiger partial charge in [-0.15, -0.1) is 5.10 Å². The van der Waals surface area contributed by atoms with Gasteiger partial charge in [0.2, 0.25) is 11.9 Å². The summed E-state index contributed by atoms with van der Waals surface area (Å²) in [5.41, 5.74) is 1.63. The second-order valence-electron chi connectivity index (χ2n) is 7.48. The van der Waals surface area contributed by atoms with E-state index in [1.54, 1.807) is 41.9 Å². The molecular formula is C24H20N8O2S. The molecule has 2 aromatic carbocycles. The maximum absolute atomic E-state index is 12.7. The van der Waals surface area contributed by atoms with Crippen LogP contribution in [0.3, 0.4) is 0 Å². The molecule has 35 heavy (non-hydrogen) atoms. The molecule has 0 radical (unpaired) electrons. The van der Waals surface area contributed by atoms with Gasteiger partial charge in [0.15, 0.2) is 5.82 Å². The highest BCUT2D eigenvalue weighted by Crippen LogP contribution is 2.23. The van der Waals surface area contributed by atoms with Crippen LogP contribution in [0.2, 0.25) is 0 Å². The van der Waals surface area contributed by atoms with E-state index in [0.29, 0.717) is 28.5 Å². The smallest absolute Gasteiger partial charge is 0.252 e. The van der Waals surface area contributed by atoms with E-state index in [4.69, 9.17) is 0 Å². The average molecular weight is 485 g/mol. The lowest BCUT2D eigenvalue weighted by Crippen LogP contribution is -2.28. The van der Waals surface area contributed by atoms with Gasteiger partial charge in [-0.3, -0.25) is 14.2 Å². The zero-order valence-corrected chi connectivity index (χ0v) is 19.4. The van der Waals surface area contributed by atoms with Gasteiger partial charge in [0.1, 0.15) is 18.5 Å². The summed E-state index contributed by atoms with van der Waals surface area (Å²) in [5, 5.41) is 10.8. The van der Waals surface area contributed by atoms with Crippen LogP contribution < -0.4 is 16.2 Å². The standard InChI is InChI=1S/C24H20N8O2S/c1-25-24-26-13-17-7-12-21(34)31(23(17)29-24)14-20(33)28-18-8-10-19(11-9-18)35-32-15-27-22(30-32)16-5-3-2-4-6-16/h2-13,15H,14H2,1H3,(H,28,33)(H,25,26,29). The van der Waals surface area contributed by atoms with E-state index in [1.807, 2.05) is 42.5 Å². The van der Waals surface area contributed by atoms with E-state index < -0.39 is 0 Å². The quantitative estimate of drug-likeness (QED) is 0.361. The molecule has 10 nitrogen and oxygen atoms in total. The summed E-state index contributed by atoms with van der Waals surface area (Å²) < 4.78 is 3.01. The Labute approximate surface area is 204 Å². The molecule has 0 bridgehead atoms. The number of fused-ring (bicyclic) bond motifs is 1. The van der Waals surface area contributed by atoms with Crippen molar-refractivity contribution < 1.29 is 4.79 Å². The van der Waals surface area contributed by atoms with Crippen molar-refractivity contribution >= 4 is 40.5 Å². The van der Waals surface area contributed by atoms with E-state index in [-0.39, 0.29) is 18.0 Å². The van der Waals surface area contributed by atoms with Gasteiger partial charge in [-0.2, -0.15) is 9.07 Å². The van der Waals surface area contributed by atoms with Crippen molar-refractivity contribution in [1.29, 1.82) is 0 Å². The van der Waals surface area contributed by atoms with Crippen LogP contribution in [0, 0.1) is 0 Å². The fraction of sp³-hybridized carbons (Fsp3) is 0.0833. The van der Waals surface area contributed by atoms with Crippen LogP contribution in [0.1, 0.15) is 0 Å². The molecule has 5 rings (SSSR count). The van der Waals surface area contributed by atoms with Crippen LogP contribution >= 0.6 is 11.9 Å². The summed E-state index contributed by atoms with van der Waals surface area (Å²) in [6, 6.07) is 20.1. The minimum absolute atomic E-state index is 0.173. The van der Waals surface area contributed by atoms with Gasteiger partial charge in [0.05, 0.1) is 0 Å². The van der Waals surface area contributed by atoms with Crippen LogP contribution in [-0.4, -0.2) is 41.7 Å². The lowest BCUT2D eigenvalue weighted by Gasteiger charge is -2.11. The van der Waals surface area contributed by atoms with Crippen molar-refractivity contribution in [2.45, 2.75) is 11.4 Å². The van der Waals surface area contributed by atoms with Crippen LogP contribution in [0.25, 0.3) is 22.4 Å². The van der Waals surface area contributed by atoms with Crippen LogP contribution in [0.5, 0.6) is 0 Å². The first-order valence-corrected chi connectivity index (χ1v) is 11.5. The number of pyridine rings is 1. The third-order valence-corrected chi connectivity index (χ3v) is 5.94. The number of hydrogen-bond acceptors (Lipinski definition) is 8. The predicted molar refractivity (Wildman–Crippen MR) is 135 cm³/mol. The van der Waals surface area contributed by atoms with Crippen molar-refractivity contribution in [3.63, 3.8) is 0 Å². The van der Waals surface area contributed by atoms with Gasteiger partial charge in [0.25, 0.3) is 5.56 Å². The highest BCUT2D eigenvalue weighted by molar-refractivity contribution is 7.97. The van der Waals surface area contributed by atoms with E-state index >= 15 is 0 Å². The number of hydrogen-bond donors (Lipinski definition) is 2. The zero-order valence-electron chi connectivity index (χ0n) is 18.6. The molecule has 0 spiro atoms. The first-order chi connectivity index (χ1) is 17.1. The van der Waals surface area contributed by atoms with Crippen molar-refractivity contribution in [3.8, 4) is 11.4 Å². The van der Waals surface area contributed by atoms with Gasteiger partial charge < -0.3 is 10.6 Å². The Balaban J connectivity index is 1.26. The molecular weight excluding hydrogens is 464 g/mol. The topological polar surface area (TPSA) is 120 Å². The Morgan fingerprint density at radius 3 is 2.57 bits per heavy atom. The number of nitrogens with zero attached hydrogens (tertiary/aromatic N) is 6. The lowest BCUT2D eigenvalue weighted by atomic mass is 10.2. The number of amides is 1. The van der Waals surface area contributed by atoms with Crippen molar-refractivity contribution in [2.75, 3.05) is 17.7 Å². The molecule has 0 unspecified atom stereocenters. The number of carbonyl (C=O) groups excluding carboxylic acids is 1. The van der Waals surface area contributed by atoms with Crippen LogP contribution in [0.4, 0.5) is 11.6 Å². The highest BCUT2D eigenvalue weighted by Gasteiger charge is 2.11. The normalized spacial score (nSPS) is 10.9. The molecule has 0 aliphatic rings. The Hall–Kier alpha value is -4.51. The van der Waals surface area contributed by atoms with Gasteiger partial charge in [-0.25, -0.2) is 9.97 Å². The molecule has 0 aliphatic heterocycles. The molecule has 0 saturated heterocycles. The Morgan fingerprint density at radius 1 is 1.00 bits per heavy atom. The number of nitrogens with one attached hydrogen (secondary N) is 2. The highest BCUT2D eigenvalue weighted by atomic mass is 32.2. The molecule has 0 atom stereocenters. The first kappa shape index (κ1) is 22.3. The fourth-order valence-corrected chi connectivity index (χ4v) is 4.09. The van der Waals surface area contributed by atoms with Gasteiger partial charge >= 0.3 is 0 Å². The minimum atomic E-state index is -0.339. The summed E-state index contributed by atoms with van der Waals surface area (Å²) in [7, 11) is 1.69. The second-order valence-corrected chi connectivity index (χ2v) is 8.51.